The molecule has 1 aliphatic carbocycles. The lowest BCUT2D eigenvalue weighted by molar-refractivity contribution is -0.380. The van der Waals surface area contributed by atoms with Gasteiger partial charge in [-0.3, -0.25) is 19.7 Å². The lowest BCUT2D eigenvalue weighted by Crippen LogP contribution is -2.55. The van der Waals surface area contributed by atoms with Crippen molar-refractivity contribution < 1.29 is 24.0 Å². The minimum atomic E-state index is -1.22. The molecule has 158 valence electrons. The standard InChI is InChI=1S/C20H19ClN2O6S/c1-22(17(25)12-29-19(26)15-9-10-18(30-15)23(27)28)20(11-5-4-8-16(20)24)13-6-2-3-7-14(13)21/h2-3,6-7,9-10H,4-5,8,11-12H2,1H3/t20-/m1/s1. The highest BCUT2D eigenvalue weighted by Gasteiger charge is 2.48. The molecule has 1 atom stereocenters. The third-order valence-electron chi connectivity index (χ3n) is 5.22. The molecule has 0 aliphatic heterocycles. The Hall–Kier alpha value is -2.78. The molecule has 1 heterocycles. The smallest absolute Gasteiger partial charge is 0.349 e. The number of nitrogens with zero attached hydrogens (tertiary/aromatic N) is 2. The molecule has 1 aliphatic rings. The van der Waals surface area contributed by atoms with Gasteiger partial charge in [0.05, 0.1) is 4.92 Å². The fraction of sp³-hybridized carbons (Fsp3) is 0.350. The SMILES string of the molecule is CN(C(=O)COC(=O)c1ccc([N+](=O)[O-])s1)[C@@]1(c2ccccc2Cl)CCCCC1=O. The third kappa shape index (κ3) is 4.08. The molecule has 8 nitrogen and oxygen atoms in total. The summed E-state index contributed by atoms with van der Waals surface area (Å²) in [4.78, 5) is 49.5. The minimum absolute atomic E-state index is 0.0201. The van der Waals surface area contributed by atoms with Gasteiger partial charge < -0.3 is 9.64 Å². The summed E-state index contributed by atoms with van der Waals surface area (Å²) in [7, 11) is 1.50. The molecular formula is C20H19ClN2O6S. The number of hydrogen-bond donors (Lipinski definition) is 0. The molecule has 0 saturated heterocycles. The van der Waals surface area contributed by atoms with Crippen LogP contribution in [0.3, 0.4) is 0 Å². The Morgan fingerprint density at radius 2 is 2.00 bits per heavy atom. The largest absolute Gasteiger partial charge is 0.451 e. The van der Waals surface area contributed by atoms with Gasteiger partial charge in [0, 0.05) is 30.1 Å². The second kappa shape index (κ2) is 8.93. The maximum atomic E-state index is 13.0. The lowest BCUT2D eigenvalue weighted by Gasteiger charge is -2.43. The van der Waals surface area contributed by atoms with Gasteiger partial charge in [0.1, 0.15) is 10.4 Å². The van der Waals surface area contributed by atoms with Crippen molar-refractivity contribution in [2.24, 2.45) is 0 Å². The average Bonchev–Trinajstić information content (AvgIpc) is 3.23. The number of Topliss-reactive ketones (excluding diaryl/α,β-unsaturated/α-hetero) is 1. The van der Waals surface area contributed by atoms with Crippen LogP contribution in [0, 0.1) is 10.1 Å². The van der Waals surface area contributed by atoms with Crippen molar-refractivity contribution >= 4 is 45.6 Å². The number of benzene rings is 1. The minimum Gasteiger partial charge on any atom is -0.451 e. The average molecular weight is 451 g/mol. The van der Waals surface area contributed by atoms with Gasteiger partial charge in [0.15, 0.2) is 12.4 Å². The van der Waals surface area contributed by atoms with Crippen LogP contribution < -0.4 is 0 Å². The summed E-state index contributed by atoms with van der Waals surface area (Å²) < 4.78 is 5.05. The number of ketones is 1. The van der Waals surface area contributed by atoms with E-state index in [-0.39, 0.29) is 15.7 Å². The van der Waals surface area contributed by atoms with Gasteiger partial charge in [0.2, 0.25) is 0 Å². The Kier molecular flexibility index (Phi) is 6.52. The number of carbonyl (C=O) groups excluding carboxylic acids is 3. The van der Waals surface area contributed by atoms with Crippen LogP contribution in [0.1, 0.15) is 40.9 Å². The van der Waals surface area contributed by atoms with Crippen molar-refractivity contribution in [3.63, 3.8) is 0 Å². The number of ether oxygens (including phenoxy) is 1. The van der Waals surface area contributed by atoms with Crippen molar-refractivity contribution in [2.45, 2.75) is 31.2 Å². The van der Waals surface area contributed by atoms with Crippen molar-refractivity contribution in [2.75, 3.05) is 13.7 Å². The molecule has 0 radical (unpaired) electrons. The van der Waals surface area contributed by atoms with Gasteiger partial charge in [0.25, 0.3) is 5.91 Å². The fourth-order valence-electron chi connectivity index (χ4n) is 3.67. The normalized spacial score (nSPS) is 18.7. The predicted molar refractivity (Wildman–Crippen MR) is 111 cm³/mol. The van der Waals surface area contributed by atoms with E-state index in [0.717, 1.165) is 12.8 Å². The number of carbonyl (C=O) groups is 3. The first-order valence-electron chi connectivity index (χ1n) is 9.23. The molecule has 1 amide bonds. The molecule has 10 heteroatoms. The van der Waals surface area contributed by atoms with E-state index < -0.39 is 28.9 Å². The number of thiophene rings is 1. The number of hydrogen-bond acceptors (Lipinski definition) is 7. The molecule has 0 spiro atoms. The Morgan fingerprint density at radius 1 is 1.27 bits per heavy atom. The van der Waals surface area contributed by atoms with Gasteiger partial charge in [-0.2, -0.15) is 0 Å². The molecule has 1 aromatic carbocycles. The Balaban J connectivity index is 1.79. The highest BCUT2D eigenvalue weighted by Crippen LogP contribution is 2.42. The molecule has 2 aromatic rings. The highest BCUT2D eigenvalue weighted by molar-refractivity contribution is 7.17. The maximum Gasteiger partial charge on any atom is 0.349 e. The van der Waals surface area contributed by atoms with Crippen LogP contribution in [-0.2, 0) is 19.9 Å². The van der Waals surface area contributed by atoms with E-state index in [0.29, 0.717) is 34.8 Å². The monoisotopic (exact) mass is 450 g/mol. The van der Waals surface area contributed by atoms with Gasteiger partial charge in [-0.1, -0.05) is 41.1 Å². The number of amides is 1. The summed E-state index contributed by atoms with van der Waals surface area (Å²) in [6, 6.07) is 9.37. The van der Waals surface area contributed by atoms with Gasteiger partial charge >= 0.3 is 11.0 Å². The molecule has 0 N–H and O–H groups in total. The van der Waals surface area contributed by atoms with E-state index in [1.807, 2.05) is 0 Å². The molecule has 1 aromatic heterocycles. The van der Waals surface area contributed by atoms with Crippen LogP contribution in [0.4, 0.5) is 5.00 Å². The molecule has 30 heavy (non-hydrogen) atoms. The first-order valence-corrected chi connectivity index (χ1v) is 10.4. The zero-order valence-electron chi connectivity index (χ0n) is 16.1. The summed E-state index contributed by atoms with van der Waals surface area (Å²) in [5, 5.41) is 10.9. The zero-order valence-corrected chi connectivity index (χ0v) is 17.7. The van der Waals surface area contributed by atoms with Crippen LogP contribution in [0.15, 0.2) is 36.4 Å². The summed E-state index contributed by atoms with van der Waals surface area (Å²) in [5.74, 6) is -1.51. The number of rotatable bonds is 6. The van der Waals surface area contributed by atoms with Crippen molar-refractivity contribution in [1.82, 2.24) is 4.90 Å². The molecule has 1 fully saturated rings. The fourth-order valence-corrected chi connectivity index (χ4v) is 4.68. The third-order valence-corrected chi connectivity index (χ3v) is 6.57. The summed E-state index contributed by atoms with van der Waals surface area (Å²) in [6.45, 7) is -0.597. The van der Waals surface area contributed by atoms with Gasteiger partial charge in [-0.25, -0.2) is 4.79 Å². The quantitative estimate of drug-likeness (QED) is 0.374. The number of halogens is 1. The molecule has 1 saturated carbocycles. The molecular weight excluding hydrogens is 432 g/mol. The topological polar surface area (TPSA) is 107 Å². The summed E-state index contributed by atoms with van der Waals surface area (Å²) in [6.07, 6.45) is 2.22. The van der Waals surface area contributed by atoms with Crippen LogP contribution >= 0.6 is 22.9 Å². The van der Waals surface area contributed by atoms with E-state index in [4.69, 9.17) is 16.3 Å². The van der Waals surface area contributed by atoms with E-state index in [2.05, 4.69) is 0 Å². The second-order valence-corrected chi connectivity index (χ2v) is 8.36. The van der Waals surface area contributed by atoms with Crippen molar-refractivity contribution in [3.8, 4) is 0 Å². The van der Waals surface area contributed by atoms with E-state index >= 15 is 0 Å². The molecule has 0 bridgehead atoms. The van der Waals surface area contributed by atoms with Gasteiger partial charge in [-0.05, 0) is 31.4 Å². The summed E-state index contributed by atoms with van der Waals surface area (Å²) in [5.41, 5.74) is -0.672. The lowest BCUT2D eigenvalue weighted by atomic mass is 9.74. The Labute approximate surface area is 181 Å². The first-order chi connectivity index (χ1) is 14.3. The highest BCUT2D eigenvalue weighted by atomic mass is 35.5. The number of esters is 1. The van der Waals surface area contributed by atoms with Crippen LogP contribution in [0.5, 0.6) is 0 Å². The Morgan fingerprint density at radius 3 is 2.63 bits per heavy atom. The van der Waals surface area contributed by atoms with E-state index in [1.165, 1.54) is 24.1 Å². The van der Waals surface area contributed by atoms with Gasteiger partial charge in [-0.15, -0.1) is 0 Å². The first kappa shape index (κ1) is 21.9. The second-order valence-electron chi connectivity index (χ2n) is 6.89. The zero-order chi connectivity index (χ0) is 21.9. The maximum absolute atomic E-state index is 13.0. The number of likely N-dealkylation sites (N-methyl/N-ethyl adjacent to an activating group) is 1. The predicted octanol–water partition coefficient (Wildman–Crippen LogP) is 3.96. The van der Waals surface area contributed by atoms with E-state index in [1.54, 1.807) is 24.3 Å². The summed E-state index contributed by atoms with van der Waals surface area (Å²) >= 11 is 7.03. The van der Waals surface area contributed by atoms with Crippen LogP contribution in [0.25, 0.3) is 0 Å². The molecule has 3 rings (SSSR count). The number of nitro groups is 1. The molecule has 0 unspecified atom stereocenters. The van der Waals surface area contributed by atoms with Crippen molar-refractivity contribution in [3.05, 3.63) is 62.0 Å². The van der Waals surface area contributed by atoms with Crippen LogP contribution in [-0.4, -0.2) is 41.1 Å². The van der Waals surface area contributed by atoms with E-state index in [9.17, 15) is 24.5 Å². The Bertz CT molecular complexity index is 1010. The van der Waals surface area contributed by atoms with Crippen LogP contribution in [0.2, 0.25) is 5.02 Å². The van der Waals surface area contributed by atoms with Crippen molar-refractivity contribution in [1.29, 1.82) is 0 Å².